The van der Waals surface area contributed by atoms with E-state index >= 15 is 0 Å². The largest absolute Gasteiger partial charge is 0.392 e. The van der Waals surface area contributed by atoms with Gasteiger partial charge in [0.15, 0.2) is 0 Å². The molecule has 1 aromatic carbocycles. The Hall–Kier alpha value is -1.49. The highest BCUT2D eigenvalue weighted by Crippen LogP contribution is 2.37. The highest BCUT2D eigenvalue weighted by atomic mass is 32.1. The molecule has 1 aliphatic rings. The van der Waals surface area contributed by atoms with Gasteiger partial charge in [0.2, 0.25) is 5.91 Å². The molecule has 1 fully saturated rings. The fraction of sp³-hybridized carbons (Fsp3) is 0.500. The molecule has 1 amide bonds. The Morgan fingerprint density at radius 1 is 1.38 bits per heavy atom. The minimum atomic E-state index is -0.741. The van der Waals surface area contributed by atoms with Crippen LogP contribution in [-0.2, 0) is 4.79 Å². The molecule has 0 aliphatic heterocycles. The van der Waals surface area contributed by atoms with Crippen molar-refractivity contribution in [2.45, 2.75) is 45.1 Å². The van der Waals surface area contributed by atoms with E-state index in [1.54, 1.807) is 12.1 Å². The van der Waals surface area contributed by atoms with Gasteiger partial charge >= 0.3 is 0 Å². The van der Waals surface area contributed by atoms with Gasteiger partial charge < -0.3 is 11.1 Å². The summed E-state index contributed by atoms with van der Waals surface area (Å²) in [4.78, 5) is 12.9. The number of carbonyl (C=O) groups is 1. The molecule has 2 rings (SSSR count). The van der Waals surface area contributed by atoms with Gasteiger partial charge in [-0.15, -0.1) is 0 Å². The van der Waals surface area contributed by atoms with Crippen LogP contribution in [0.2, 0.25) is 0 Å². The van der Waals surface area contributed by atoms with Crippen molar-refractivity contribution in [3.63, 3.8) is 0 Å². The molecule has 0 aromatic heterocycles. The van der Waals surface area contributed by atoms with Gasteiger partial charge in [0, 0.05) is 0 Å². The maximum absolute atomic E-state index is 13.3. The maximum Gasteiger partial charge on any atom is 0.233 e. The molecule has 1 unspecified atom stereocenters. The zero-order valence-corrected chi connectivity index (χ0v) is 13.0. The third-order valence-corrected chi connectivity index (χ3v) is 4.70. The van der Waals surface area contributed by atoms with Crippen molar-refractivity contribution in [1.29, 1.82) is 0 Å². The lowest BCUT2D eigenvalue weighted by atomic mass is 9.73. The number of halogens is 1. The van der Waals surface area contributed by atoms with Crippen molar-refractivity contribution >= 4 is 23.1 Å². The van der Waals surface area contributed by atoms with Gasteiger partial charge in [0.1, 0.15) is 5.82 Å². The first kappa shape index (κ1) is 15.9. The van der Waals surface area contributed by atoms with Crippen LogP contribution in [0.5, 0.6) is 0 Å². The second kappa shape index (κ2) is 6.52. The normalized spacial score (nSPS) is 18.8. The second-order valence-corrected chi connectivity index (χ2v) is 6.20. The first-order valence-electron chi connectivity index (χ1n) is 7.32. The maximum atomic E-state index is 13.3. The van der Waals surface area contributed by atoms with Crippen LogP contribution in [0.4, 0.5) is 4.39 Å². The van der Waals surface area contributed by atoms with E-state index in [0.717, 1.165) is 24.8 Å². The van der Waals surface area contributed by atoms with Crippen molar-refractivity contribution in [2.24, 2.45) is 11.1 Å². The topological polar surface area (TPSA) is 55.1 Å². The number of carbonyl (C=O) groups excluding carboxylic acids is 1. The van der Waals surface area contributed by atoms with E-state index in [4.69, 9.17) is 18.0 Å². The molecule has 114 valence electrons. The molecule has 0 saturated heterocycles. The Morgan fingerprint density at radius 3 is 2.62 bits per heavy atom. The Bertz CT molecular complexity index is 541. The van der Waals surface area contributed by atoms with Crippen LogP contribution in [0.1, 0.15) is 50.6 Å². The Morgan fingerprint density at radius 2 is 2.05 bits per heavy atom. The van der Waals surface area contributed by atoms with E-state index < -0.39 is 5.41 Å². The van der Waals surface area contributed by atoms with E-state index in [1.807, 2.05) is 6.92 Å². The van der Waals surface area contributed by atoms with E-state index in [9.17, 15) is 9.18 Å². The summed E-state index contributed by atoms with van der Waals surface area (Å²) >= 11 is 5.15. The zero-order valence-electron chi connectivity index (χ0n) is 12.2. The molecule has 1 aliphatic carbocycles. The van der Waals surface area contributed by atoms with Crippen molar-refractivity contribution in [1.82, 2.24) is 5.32 Å². The summed E-state index contributed by atoms with van der Waals surface area (Å²) in [5.74, 6) is -0.443. The van der Waals surface area contributed by atoms with Crippen molar-refractivity contribution in [2.75, 3.05) is 0 Å². The van der Waals surface area contributed by atoms with Gasteiger partial charge in [-0.05, 0) is 37.5 Å². The van der Waals surface area contributed by atoms with Crippen LogP contribution >= 0.6 is 12.2 Å². The van der Waals surface area contributed by atoms with Gasteiger partial charge in [-0.1, -0.05) is 43.6 Å². The Balaban J connectivity index is 2.13. The van der Waals surface area contributed by atoms with Crippen molar-refractivity contribution < 1.29 is 9.18 Å². The van der Waals surface area contributed by atoms with Crippen LogP contribution in [0.25, 0.3) is 0 Å². The first-order valence-corrected chi connectivity index (χ1v) is 7.73. The fourth-order valence-corrected chi connectivity index (χ4v) is 3.23. The van der Waals surface area contributed by atoms with Crippen LogP contribution in [0.15, 0.2) is 24.3 Å². The molecule has 1 saturated carbocycles. The molecule has 21 heavy (non-hydrogen) atoms. The number of hydrogen-bond donors (Lipinski definition) is 2. The van der Waals surface area contributed by atoms with E-state index in [1.165, 1.54) is 12.1 Å². The molecule has 0 spiro atoms. The van der Waals surface area contributed by atoms with Gasteiger partial charge in [0.05, 0.1) is 16.4 Å². The SMILES string of the molecule is CC(NC(=O)C1(C(N)=S)CCCCC1)c1cccc(F)c1. The van der Waals surface area contributed by atoms with Crippen molar-refractivity contribution in [3.05, 3.63) is 35.6 Å². The van der Waals surface area contributed by atoms with Gasteiger partial charge in [-0.2, -0.15) is 0 Å². The summed E-state index contributed by atoms with van der Waals surface area (Å²) in [6, 6.07) is 5.97. The summed E-state index contributed by atoms with van der Waals surface area (Å²) in [6.45, 7) is 1.84. The third-order valence-electron chi connectivity index (χ3n) is 4.31. The number of amides is 1. The fourth-order valence-electron chi connectivity index (χ4n) is 2.93. The van der Waals surface area contributed by atoms with E-state index in [2.05, 4.69) is 5.32 Å². The quantitative estimate of drug-likeness (QED) is 0.840. The molecule has 0 bridgehead atoms. The monoisotopic (exact) mass is 308 g/mol. The number of benzene rings is 1. The highest BCUT2D eigenvalue weighted by Gasteiger charge is 2.42. The van der Waals surface area contributed by atoms with Gasteiger partial charge in [-0.3, -0.25) is 4.79 Å². The highest BCUT2D eigenvalue weighted by molar-refractivity contribution is 7.80. The Kier molecular flexibility index (Phi) is 4.93. The smallest absolute Gasteiger partial charge is 0.233 e. The summed E-state index contributed by atoms with van der Waals surface area (Å²) in [7, 11) is 0. The predicted molar refractivity (Wildman–Crippen MR) is 85.3 cm³/mol. The average molecular weight is 308 g/mol. The first-order chi connectivity index (χ1) is 9.95. The molecule has 5 heteroatoms. The van der Waals surface area contributed by atoms with Crippen LogP contribution < -0.4 is 11.1 Å². The minimum absolute atomic E-state index is 0.133. The standard InChI is InChI=1S/C16H21FN2OS/c1-11(12-6-5-7-13(17)10-12)19-15(20)16(14(18)21)8-3-2-4-9-16/h5-7,10-11H,2-4,8-9H2,1H3,(H2,18,21)(H,19,20). The number of nitrogens with two attached hydrogens (primary N) is 1. The molecule has 1 aromatic rings. The summed E-state index contributed by atoms with van der Waals surface area (Å²) < 4.78 is 13.3. The number of thiocarbonyl (C=S) groups is 1. The third kappa shape index (κ3) is 3.40. The molecule has 0 radical (unpaired) electrons. The van der Waals surface area contributed by atoms with Crippen molar-refractivity contribution in [3.8, 4) is 0 Å². The van der Waals surface area contributed by atoms with Crippen LogP contribution in [0, 0.1) is 11.2 Å². The molecular formula is C16H21FN2OS. The summed E-state index contributed by atoms with van der Waals surface area (Å²) in [5.41, 5.74) is 5.84. The molecule has 3 nitrogen and oxygen atoms in total. The lowest BCUT2D eigenvalue weighted by Gasteiger charge is -2.35. The summed E-state index contributed by atoms with van der Waals surface area (Å²) in [5, 5.41) is 2.94. The van der Waals surface area contributed by atoms with Gasteiger partial charge in [-0.25, -0.2) is 4.39 Å². The Labute approximate surface area is 130 Å². The zero-order chi connectivity index (χ0) is 15.5. The second-order valence-electron chi connectivity index (χ2n) is 5.76. The lowest BCUT2D eigenvalue weighted by molar-refractivity contribution is -0.129. The number of hydrogen-bond acceptors (Lipinski definition) is 2. The molecule has 3 N–H and O–H groups in total. The molecule has 0 heterocycles. The minimum Gasteiger partial charge on any atom is -0.392 e. The van der Waals surface area contributed by atoms with Gasteiger partial charge in [0.25, 0.3) is 0 Å². The van der Waals surface area contributed by atoms with Crippen LogP contribution in [0.3, 0.4) is 0 Å². The average Bonchev–Trinajstić information content (AvgIpc) is 2.47. The van der Waals surface area contributed by atoms with E-state index in [-0.39, 0.29) is 22.8 Å². The lowest BCUT2D eigenvalue weighted by Crippen LogP contribution is -2.50. The molecular weight excluding hydrogens is 287 g/mol. The number of nitrogens with one attached hydrogen (secondary N) is 1. The summed E-state index contributed by atoms with van der Waals surface area (Å²) in [6.07, 6.45) is 4.42. The van der Waals surface area contributed by atoms with Crippen LogP contribution in [-0.4, -0.2) is 10.9 Å². The number of rotatable bonds is 4. The predicted octanol–water partition coefficient (Wildman–Crippen LogP) is 3.24. The molecule has 1 atom stereocenters. The van der Waals surface area contributed by atoms with E-state index in [0.29, 0.717) is 12.8 Å².